The molecule has 0 saturated carbocycles. The number of para-hydroxylation sites is 2. The van der Waals surface area contributed by atoms with Crippen LogP contribution in [0.25, 0.3) is 0 Å². The molecular formula is C21H28Cl2N4O2. The molecule has 29 heavy (non-hydrogen) atoms. The second kappa shape index (κ2) is 11.0. The van der Waals surface area contributed by atoms with Crippen LogP contribution in [-0.4, -0.2) is 54.3 Å². The molecule has 1 aliphatic rings. The highest BCUT2D eigenvalue weighted by Crippen LogP contribution is 2.19. The van der Waals surface area contributed by atoms with Crippen LogP contribution in [0, 0.1) is 13.8 Å². The molecule has 1 heterocycles. The van der Waals surface area contributed by atoms with Crippen molar-refractivity contribution in [2.45, 2.75) is 13.8 Å². The molecule has 0 spiro atoms. The number of anilines is 2. The van der Waals surface area contributed by atoms with Crippen LogP contribution in [0.4, 0.5) is 11.4 Å². The third-order valence-electron chi connectivity index (χ3n) is 4.96. The fourth-order valence-electron chi connectivity index (χ4n) is 3.36. The van der Waals surface area contributed by atoms with Crippen molar-refractivity contribution in [3.63, 3.8) is 0 Å². The highest BCUT2D eigenvalue weighted by molar-refractivity contribution is 5.99. The van der Waals surface area contributed by atoms with Gasteiger partial charge >= 0.3 is 0 Å². The number of hydrogen-bond acceptors (Lipinski definition) is 4. The zero-order chi connectivity index (χ0) is 19.4. The van der Waals surface area contributed by atoms with E-state index in [0.29, 0.717) is 44.0 Å². The van der Waals surface area contributed by atoms with Crippen molar-refractivity contribution in [2.75, 3.05) is 43.8 Å². The molecule has 2 aromatic carbocycles. The number of benzene rings is 2. The SMILES string of the molecule is Cc1cccc(C)c1NC(=O)CN1CCN(C(=O)c2ccccc2N)CC1.Cl.Cl. The van der Waals surface area contributed by atoms with Gasteiger partial charge in [-0.05, 0) is 37.1 Å². The van der Waals surface area contributed by atoms with Gasteiger partial charge in [-0.25, -0.2) is 0 Å². The number of piperazine rings is 1. The number of nitrogens with two attached hydrogens (primary N) is 1. The molecule has 6 nitrogen and oxygen atoms in total. The minimum absolute atomic E-state index is 0. The number of carbonyl (C=O) groups excluding carboxylic acids is 2. The molecule has 158 valence electrons. The minimum atomic E-state index is -0.0484. The van der Waals surface area contributed by atoms with Gasteiger partial charge in [-0.1, -0.05) is 30.3 Å². The molecule has 1 saturated heterocycles. The fraction of sp³-hybridized carbons (Fsp3) is 0.333. The summed E-state index contributed by atoms with van der Waals surface area (Å²) in [5.74, 6) is -0.0767. The van der Waals surface area contributed by atoms with Gasteiger partial charge in [0, 0.05) is 37.6 Å². The maximum absolute atomic E-state index is 12.6. The molecule has 0 bridgehead atoms. The van der Waals surface area contributed by atoms with Crippen LogP contribution in [0.1, 0.15) is 21.5 Å². The molecule has 3 rings (SSSR count). The summed E-state index contributed by atoms with van der Waals surface area (Å²) in [6, 6.07) is 13.1. The quantitative estimate of drug-likeness (QED) is 0.718. The van der Waals surface area contributed by atoms with Crippen molar-refractivity contribution < 1.29 is 9.59 Å². The van der Waals surface area contributed by atoms with Gasteiger partial charge in [0.1, 0.15) is 0 Å². The molecule has 0 atom stereocenters. The number of carbonyl (C=O) groups is 2. The second-order valence-electron chi connectivity index (χ2n) is 6.97. The van der Waals surface area contributed by atoms with Gasteiger partial charge in [-0.3, -0.25) is 14.5 Å². The predicted molar refractivity (Wildman–Crippen MR) is 122 cm³/mol. The van der Waals surface area contributed by atoms with Gasteiger partial charge in [0.05, 0.1) is 12.1 Å². The summed E-state index contributed by atoms with van der Waals surface area (Å²) in [6.07, 6.45) is 0. The zero-order valence-electron chi connectivity index (χ0n) is 16.7. The van der Waals surface area contributed by atoms with E-state index in [1.165, 1.54) is 0 Å². The van der Waals surface area contributed by atoms with Crippen LogP contribution in [0.2, 0.25) is 0 Å². The lowest BCUT2D eigenvalue weighted by Crippen LogP contribution is -2.50. The Kier molecular flexibility index (Phi) is 9.43. The lowest BCUT2D eigenvalue weighted by atomic mass is 10.1. The number of hydrogen-bond donors (Lipinski definition) is 2. The van der Waals surface area contributed by atoms with E-state index < -0.39 is 0 Å². The van der Waals surface area contributed by atoms with Crippen LogP contribution in [0.5, 0.6) is 0 Å². The Hall–Kier alpha value is -2.28. The third-order valence-corrected chi connectivity index (χ3v) is 4.96. The van der Waals surface area contributed by atoms with Gasteiger partial charge in [-0.2, -0.15) is 0 Å². The zero-order valence-corrected chi connectivity index (χ0v) is 18.3. The van der Waals surface area contributed by atoms with E-state index in [-0.39, 0.29) is 36.6 Å². The van der Waals surface area contributed by atoms with Crippen molar-refractivity contribution >= 4 is 48.0 Å². The van der Waals surface area contributed by atoms with Crippen molar-refractivity contribution in [1.82, 2.24) is 9.80 Å². The van der Waals surface area contributed by atoms with Crippen molar-refractivity contribution in [1.29, 1.82) is 0 Å². The molecule has 0 unspecified atom stereocenters. The average Bonchev–Trinajstić information content (AvgIpc) is 2.65. The minimum Gasteiger partial charge on any atom is -0.398 e. The Balaban J connectivity index is 0.00000210. The van der Waals surface area contributed by atoms with Crippen LogP contribution in [-0.2, 0) is 4.79 Å². The smallest absolute Gasteiger partial charge is 0.256 e. The number of nitrogens with one attached hydrogen (secondary N) is 1. The Bertz CT molecular complexity index is 832. The topological polar surface area (TPSA) is 78.7 Å². The first-order chi connectivity index (χ1) is 13.0. The van der Waals surface area contributed by atoms with E-state index in [1.807, 2.05) is 44.2 Å². The van der Waals surface area contributed by atoms with Gasteiger partial charge in [0.15, 0.2) is 0 Å². The average molecular weight is 439 g/mol. The summed E-state index contributed by atoms with van der Waals surface area (Å²) in [6.45, 7) is 6.80. The summed E-state index contributed by atoms with van der Waals surface area (Å²) >= 11 is 0. The van der Waals surface area contributed by atoms with Crippen LogP contribution < -0.4 is 11.1 Å². The molecule has 1 fully saturated rings. The maximum atomic E-state index is 12.6. The lowest BCUT2D eigenvalue weighted by molar-refractivity contribution is -0.117. The number of amides is 2. The Labute approximate surface area is 184 Å². The number of nitrogens with zero attached hydrogens (tertiary/aromatic N) is 2. The lowest BCUT2D eigenvalue weighted by Gasteiger charge is -2.34. The molecule has 0 radical (unpaired) electrons. The standard InChI is InChI=1S/C21H26N4O2.2ClH/c1-15-6-5-7-16(2)20(15)23-19(26)14-24-10-12-25(13-11-24)21(27)17-8-3-4-9-18(17)22;;/h3-9H,10-14,22H2,1-2H3,(H,23,26);2*1H. The van der Waals surface area contributed by atoms with E-state index >= 15 is 0 Å². The summed E-state index contributed by atoms with van der Waals surface area (Å²) in [5.41, 5.74) is 9.94. The highest BCUT2D eigenvalue weighted by Gasteiger charge is 2.24. The van der Waals surface area contributed by atoms with E-state index in [1.54, 1.807) is 17.0 Å². The molecule has 0 aliphatic carbocycles. The summed E-state index contributed by atoms with van der Waals surface area (Å²) in [7, 11) is 0. The maximum Gasteiger partial charge on any atom is 0.256 e. The first-order valence-corrected chi connectivity index (χ1v) is 9.18. The summed E-state index contributed by atoms with van der Waals surface area (Å²) in [5, 5.41) is 3.02. The summed E-state index contributed by atoms with van der Waals surface area (Å²) < 4.78 is 0. The van der Waals surface area contributed by atoms with Crippen LogP contribution in [0.3, 0.4) is 0 Å². The first kappa shape index (κ1) is 24.8. The van der Waals surface area contributed by atoms with Crippen LogP contribution >= 0.6 is 24.8 Å². The molecule has 2 amide bonds. The molecule has 3 N–H and O–H groups in total. The summed E-state index contributed by atoms with van der Waals surface area (Å²) in [4.78, 5) is 28.9. The number of aryl methyl sites for hydroxylation is 2. The number of nitrogen functional groups attached to an aromatic ring is 1. The molecule has 1 aliphatic heterocycles. The van der Waals surface area contributed by atoms with E-state index in [0.717, 1.165) is 16.8 Å². The normalized spacial score (nSPS) is 13.8. The van der Waals surface area contributed by atoms with Gasteiger partial charge < -0.3 is 16.0 Å². The number of rotatable bonds is 4. The largest absolute Gasteiger partial charge is 0.398 e. The second-order valence-corrected chi connectivity index (χ2v) is 6.97. The van der Waals surface area contributed by atoms with E-state index in [2.05, 4.69) is 10.2 Å². The Morgan fingerprint density at radius 2 is 1.52 bits per heavy atom. The Morgan fingerprint density at radius 3 is 2.10 bits per heavy atom. The fourth-order valence-corrected chi connectivity index (χ4v) is 3.36. The van der Waals surface area contributed by atoms with Crippen molar-refractivity contribution in [2.24, 2.45) is 0 Å². The molecule has 0 aromatic heterocycles. The highest BCUT2D eigenvalue weighted by atomic mass is 35.5. The van der Waals surface area contributed by atoms with E-state index in [4.69, 9.17) is 5.73 Å². The first-order valence-electron chi connectivity index (χ1n) is 9.18. The van der Waals surface area contributed by atoms with Gasteiger partial charge in [0.25, 0.3) is 5.91 Å². The molecular weight excluding hydrogens is 411 g/mol. The van der Waals surface area contributed by atoms with Crippen LogP contribution in [0.15, 0.2) is 42.5 Å². The Morgan fingerprint density at radius 1 is 0.931 bits per heavy atom. The number of halogens is 2. The van der Waals surface area contributed by atoms with Crippen molar-refractivity contribution in [3.8, 4) is 0 Å². The van der Waals surface area contributed by atoms with Gasteiger partial charge in [-0.15, -0.1) is 24.8 Å². The van der Waals surface area contributed by atoms with Crippen molar-refractivity contribution in [3.05, 3.63) is 59.2 Å². The molecule has 2 aromatic rings. The van der Waals surface area contributed by atoms with E-state index in [9.17, 15) is 9.59 Å². The molecule has 8 heteroatoms. The third kappa shape index (κ3) is 6.10. The van der Waals surface area contributed by atoms with Gasteiger partial charge in [0.2, 0.25) is 5.91 Å². The monoisotopic (exact) mass is 438 g/mol. The predicted octanol–water partition coefficient (Wildman–Crippen LogP) is 3.13.